The van der Waals surface area contributed by atoms with Gasteiger partial charge in [0.05, 0.1) is 31.5 Å². The lowest BCUT2D eigenvalue weighted by Gasteiger charge is -2.33. The van der Waals surface area contributed by atoms with Crippen molar-refractivity contribution in [1.29, 1.82) is 0 Å². The van der Waals surface area contributed by atoms with Gasteiger partial charge in [0, 0.05) is 19.0 Å². The normalized spacial score (nSPS) is 21.2. The lowest BCUT2D eigenvalue weighted by atomic mass is 10.2. The summed E-state index contributed by atoms with van der Waals surface area (Å²) in [5.41, 5.74) is 10.6. The van der Waals surface area contributed by atoms with E-state index in [-0.39, 0.29) is 12.2 Å². The van der Waals surface area contributed by atoms with Gasteiger partial charge in [0.1, 0.15) is 5.60 Å². The summed E-state index contributed by atoms with van der Waals surface area (Å²) in [5.74, 6) is 0. The van der Waals surface area contributed by atoms with Crippen molar-refractivity contribution < 1.29 is 14.3 Å². The quantitative estimate of drug-likeness (QED) is 0.732. The van der Waals surface area contributed by atoms with Gasteiger partial charge < -0.3 is 25.8 Å². The van der Waals surface area contributed by atoms with Crippen molar-refractivity contribution in [2.75, 3.05) is 26.2 Å². The van der Waals surface area contributed by atoms with Crippen molar-refractivity contribution in [2.24, 2.45) is 16.5 Å². The van der Waals surface area contributed by atoms with E-state index in [1.165, 1.54) is 12.4 Å². The average Bonchev–Trinajstić information content (AvgIpc) is 2.37. The van der Waals surface area contributed by atoms with E-state index >= 15 is 0 Å². The maximum atomic E-state index is 12.0. The maximum absolute atomic E-state index is 12.0. The molecule has 1 aliphatic heterocycles. The molecular formula is C13H24N4O3. The summed E-state index contributed by atoms with van der Waals surface area (Å²) in [6, 6.07) is 0. The van der Waals surface area contributed by atoms with Crippen LogP contribution in [0.4, 0.5) is 4.79 Å². The molecule has 1 amide bonds. The number of morpholine rings is 1. The van der Waals surface area contributed by atoms with Crippen LogP contribution in [-0.2, 0) is 9.47 Å². The summed E-state index contributed by atoms with van der Waals surface area (Å²) in [6.07, 6.45) is 2.28. The SMILES string of the molecule is CC(C)(C)OC(=O)N1CCO[C@H](CN=CC(N)=CN)C1. The number of hydrogen-bond acceptors (Lipinski definition) is 6. The molecule has 1 atom stereocenters. The maximum Gasteiger partial charge on any atom is 0.410 e. The van der Waals surface area contributed by atoms with Crippen LogP contribution in [0.5, 0.6) is 0 Å². The van der Waals surface area contributed by atoms with Gasteiger partial charge in [-0.05, 0) is 20.8 Å². The zero-order valence-corrected chi connectivity index (χ0v) is 12.3. The summed E-state index contributed by atoms with van der Waals surface area (Å²) in [5, 5.41) is 0. The number of amides is 1. The fourth-order valence-electron chi connectivity index (χ4n) is 1.64. The molecule has 0 bridgehead atoms. The molecule has 114 valence electrons. The molecule has 1 fully saturated rings. The highest BCUT2D eigenvalue weighted by Crippen LogP contribution is 2.13. The number of aliphatic imine (C=N–C) groups is 1. The molecule has 0 spiro atoms. The molecule has 7 nitrogen and oxygen atoms in total. The monoisotopic (exact) mass is 284 g/mol. The van der Waals surface area contributed by atoms with Gasteiger partial charge in [-0.2, -0.15) is 0 Å². The molecule has 0 aliphatic carbocycles. The number of hydrogen-bond donors (Lipinski definition) is 2. The van der Waals surface area contributed by atoms with E-state index in [1.807, 2.05) is 20.8 Å². The number of carbonyl (C=O) groups is 1. The Bertz CT molecular complexity index is 388. The number of carbonyl (C=O) groups excluding carboxylic acids is 1. The first-order valence-electron chi connectivity index (χ1n) is 6.58. The first kappa shape index (κ1) is 16.3. The summed E-state index contributed by atoms with van der Waals surface area (Å²) in [6.45, 7) is 7.41. The topological polar surface area (TPSA) is 103 Å². The van der Waals surface area contributed by atoms with E-state index in [0.29, 0.717) is 31.9 Å². The van der Waals surface area contributed by atoms with E-state index in [4.69, 9.17) is 20.9 Å². The van der Waals surface area contributed by atoms with Crippen LogP contribution in [-0.4, -0.2) is 55.2 Å². The van der Waals surface area contributed by atoms with Gasteiger partial charge in [0.15, 0.2) is 0 Å². The number of allylic oxidation sites excluding steroid dienone is 1. The third kappa shape index (κ3) is 5.92. The molecule has 0 aromatic rings. The molecule has 0 aromatic carbocycles. The van der Waals surface area contributed by atoms with Crippen molar-refractivity contribution in [1.82, 2.24) is 4.90 Å². The Morgan fingerprint density at radius 1 is 1.55 bits per heavy atom. The predicted molar refractivity (Wildman–Crippen MR) is 77.4 cm³/mol. The van der Waals surface area contributed by atoms with E-state index in [2.05, 4.69) is 4.99 Å². The first-order valence-corrected chi connectivity index (χ1v) is 6.58. The highest BCUT2D eigenvalue weighted by molar-refractivity contribution is 5.76. The Labute approximate surface area is 119 Å². The lowest BCUT2D eigenvalue weighted by Crippen LogP contribution is -2.48. The van der Waals surface area contributed by atoms with Gasteiger partial charge in [-0.3, -0.25) is 4.99 Å². The van der Waals surface area contributed by atoms with E-state index in [0.717, 1.165) is 0 Å². The Balaban J connectivity index is 2.46. The van der Waals surface area contributed by atoms with Gasteiger partial charge in [0.25, 0.3) is 0 Å². The standard InChI is InChI=1S/C13H24N4O3/c1-13(2,3)20-12(18)17-4-5-19-11(9-17)8-16-7-10(15)6-14/h6-7,11H,4-5,8-9,14-15H2,1-3H3/t11-/m1/s1. The summed E-state index contributed by atoms with van der Waals surface area (Å²) >= 11 is 0. The van der Waals surface area contributed by atoms with Gasteiger partial charge in [-0.25, -0.2) is 4.79 Å². The highest BCUT2D eigenvalue weighted by Gasteiger charge is 2.27. The van der Waals surface area contributed by atoms with Crippen molar-refractivity contribution in [3.63, 3.8) is 0 Å². The second kappa shape index (κ2) is 7.14. The number of nitrogens with two attached hydrogens (primary N) is 2. The van der Waals surface area contributed by atoms with Gasteiger partial charge in [-0.1, -0.05) is 0 Å². The molecule has 1 rings (SSSR count). The van der Waals surface area contributed by atoms with Crippen LogP contribution in [0.25, 0.3) is 0 Å². The molecule has 1 saturated heterocycles. The second-order valence-electron chi connectivity index (χ2n) is 5.58. The Kier molecular flexibility index (Phi) is 5.82. The van der Waals surface area contributed by atoms with Crippen molar-refractivity contribution in [2.45, 2.75) is 32.5 Å². The second-order valence-corrected chi connectivity index (χ2v) is 5.58. The van der Waals surface area contributed by atoms with E-state index in [1.54, 1.807) is 4.90 Å². The van der Waals surface area contributed by atoms with Crippen LogP contribution in [0, 0.1) is 0 Å². The zero-order chi connectivity index (χ0) is 15.2. The van der Waals surface area contributed by atoms with Crippen LogP contribution < -0.4 is 11.5 Å². The van der Waals surface area contributed by atoms with Gasteiger partial charge >= 0.3 is 6.09 Å². The third-order valence-electron chi connectivity index (χ3n) is 2.53. The summed E-state index contributed by atoms with van der Waals surface area (Å²) in [4.78, 5) is 17.7. The minimum Gasteiger partial charge on any atom is -0.444 e. The molecule has 7 heteroatoms. The number of ether oxygens (including phenoxy) is 2. The van der Waals surface area contributed by atoms with E-state index < -0.39 is 5.60 Å². The molecule has 1 aliphatic rings. The van der Waals surface area contributed by atoms with Crippen LogP contribution >= 0.6 is 0 Å². The minimum atomic E-state index is -0.497. The lowest BCUT2D eigenvalue weighted by molar-refractivity contribution is -0.0382. The molecule has 0 radical (unpaired) electrons. The Morgan fingerprint density at radius 3 is 2.85 bits per heavy atom. The fourth-order valence-corrected chi connectivity index (χ4v) is 1.64. The zero-order valence-electron chi connectivity index (χ0n) is 12.3. The highest BCUT2D eigenvalue weighted by atomic mass is 16.6. The molecule has 20 heavy (non-hydrogen) atoms. The van der Waals surface area contributed by atoms with E-state index in [9.17, 15) is 4.79 Å². The minimum absolute atomic E-state index is 0.155. The Hall–Kier alpha value is -1.76. The van der Waals surface area contributed by atoms with Crippen molar-refractivity contribution >= 4 is 12.3 Å². The first-order chi connectivity index (χ1) is 9.31. The molecule has 0 aromatic heterocycles. The van der Waals surface area contributed by atoms with Crippen LogP contribution in [0.1, 0.15) is 20.8 Å². The largest absolute Gasteiger partial charge is 0.444 e. The predicted octanol–water partition coefficient (Wildman–Crippen LogP) is 0.452. The summed E-state index contributed by atoms with van der Waals surface area (Å²) in [7, 11) is 0. The van der Waals surface area contributed by atoms with Crippen LogP contribution in [0.2, 0.25) is 0 Å². The summed E-state index contributed by atoms with van der Waals surface area (Å²) < 4.78 is 10.9. The smallest absolute Gasteiger partial charge is 0.410 e. The Morgan fingerprint density at radius 2 is 2.25 bits per heavy atom. The van der Waals surface area contributed by atoms with Gasteiger partial charge in [0.2, 0.25) is 0 Å². The van der Waals surface area contributed by atoms with Gasteiger partial charge in [-0.15, -0.1) is 0 Å². The van der Waals surface area contributed by atoms with Crippen LogP contribution in [0.15, 0.2) is 16.9 Å². The average molecular weight is 284 g/mol. The fraction of sp³-hybridized carbons (Fsp3) is 0.692. The van der Waals surface area contributed by atoms with Crippen molar-refractivity contribution in [3.8, 4) is 0 Å². The number of nitrogens with zero attached hydrogens (tertiary/aromatic N) is 2. The molecular weight excluding hydrogens is 260 g/mol. The molecule has 0 unspecified atom stereocenters. The van der Waals surface area contributed by atoms with Crippen LogP contribution in [0.3, 0.4) is 0 Å². The number of rotatable bonds is 3. The third-order valence-corrected chi connectivity index (χ3v) is 2.53. The molecule has 4 N–H and O–H groups in total. The molecule has 0 saturated carbocycles. The van der Waals surface area contributed by atoms with Crippen molar-refractivity contribution in [3.05, 3.63) is 11.9 Å². The molecule has 1 heterocycles.